The van der Waals surface area contributed by atoms with Crippen LogP contribution in [0.2, 0.25) is 0 Å². The Hall–Kier alpha value is -0.670. The van der Waals surface area contributed by atoms with Crippen molar-refractivity contribution in [1.82, 2.24) is 0 Å². The van der Waals surface area contributed by atoms with Crippen molar-refractivity contribution in [2.24, 2.45) is 0 Å². The Morgan fingerprint density at radius 3 is 2.62 bits per heavy atom. The van der Waals surface area contributed by atoms with E-state index in [4.69, 9.17) is 5.73 Å². The molecule has 0 amide bonds. The SMILES string of the molecule is CC(O)C(C)Sc1cccc(N)c1. The molecule has 2 unspecified atom stereocenters. The van der Waals surface area contributed by atoms with E-state index in [1.165, 1.54) is 0 Å². The van der Waals surface area contributed by atoms with Crippen molar-refractivity contribution in [3.05, 3.63) is 24.3 Å². The molecule has 3 N–H and O–H groups in total. The molecule has 3 heteroatoms. The maximum Gasteiger partial charge on any atom is 0.0631 e. The maximum absolute atomic E-state index is 9.30. The van der Waals surface area contributed by atoms with E-state index in [0.29, 0.717) is 0 Å². The van der Waals surface area contributed by atoms with Gasteiger partial charge in [0.15, 0.2) is 0 Å². The fourth-order valence-corrected chi connectivity index (χ4v) is 1.89. The Morgan fingerprint density at radius 1 is 1.38 bits per heavy atom. The second-order valence-electron chi connectivity index (χ2n) is 3.14. The van der Waals surface area contributed by atoms with Gasteiger partial charge in [0.25, 0.3) is 0 Å². The highest BCUT2D eigenvalue weighted by molar-refractivity contribution is 8.00. The van der Waals surface area contributed by atoms with Crippen molar-refractivity contribution in [3.63, 3.8) is 0 Å². The molecule has 0 heterocycles. The number of nitrogen functional groups attached to an aromatic ring is 1. The van der Waals surface area contributed by atoms with E-state index >= 15 is 0 Å². The molecule has 0 saturated carbocycles. The van der Waals surface area contributed by atoms with E-state index in [0.717, 1.165) is 10.6 Å². The first-order valence-electron chi connectivity index (χ1n) is 4.30. The van der Waals surface area contributed by atoms with Crippen molar-refractivity contribution in [3.8, 4) is 0 Å². The first-order chi connectivity index (χ1) is 6.09. The number of hydrogen-bond donors (Lipinski definition) is 2. The number of anilines is 1. The Balaban J connectivity index is 2.64. The van der Waals surface area contributed by atoms with Gasteiger partial charge in [0.1, 0.15) is 0 Å². The minimum Gasteiger partial charge on any atom is -0.399 e. The second-order valence-corrected chi connectivity index (χ2v) is 4.59. The van der Waals surface area contributed by atoms with Crippen LogP contribution in [0.15, 0.2) is 29.2 Å². The van der Waals surface area contributed by atoms with E-state index in [9.17, 15) is 5.11 Å². The quantitative estimate of drug-likeness (QED) is 0.576. The summed E-state index contributed by atoms with van der Waals surface area (Å²) in [5, 5.41) is 9.50. The van der Waals surface area contributed by atoms with Crippen LogP contribution in [0.25, 0.3) is 0 Å². The summed E-state index contributed by atoms with van der Waals surface area (Å²) < 4.78 is 0. The van der Waals surface area contributed by atoms with Crippen LogP contribution in [-0.4, -0.2) is 16.5 Å². The minimum atomic E-state index is -0.300. The number of aliphatic hydroxyl groups excluding tert-OH is 1. The fourth-order valence-electron chi connectivity index (χ4n) is 0.901. The van der Waals surface area contributed by atoms with E-state index in [2.05, 4.69) is 0 Å². The predicted octanol–water partition coefficient (Wildman–Crippen LogP) is 2.13. The van der Waals surface area contributed by atoms with Gasteiger partial charge < -0.3 is 10.8 Å². The zero-order chi connectivity index (χ0) is 9.84. The lowest BCUT2D eigenvalue weighted by Crippen LogP contribution is -2.14. The lowest BCUT2D eigenvalue weighted by Gasteiger charge is -2.13. The third-order valence-electron chi connectivity index (χ3n) is 1.86. The van der Waals surface area contributed by atoms with Crippen LogP contribution in [0.4, 0.5) is 5.69 Å². The lowest BCUT2D eigenvalue weighted by atomic mass is 10.3. The molecular formula is C10H15NOS. The minimum absolute atomic E-state index is 0.196. The van der Waals surface area contributed by atoms with Gasteiger partial charge in [0.2, 0.25) is 0 Å². The molecule has 0 aliphatic rings. The molecule has 1 rings (SSSR count). The van der Waals surface area contributed by atoms with Gasteiger partial charge in [-0.05, 0) is 25.1 Å². The van der Waals surface area contributed by atoms with Crippen LogP contribution in [0, 0.1) is 0 Å². The van der Waals surface area contributed by atoms with Gasteiger partial charge in [-0.3, -0.25) is 0 Å². The van der Waals surface area contributed by atoms with Gasteiger partial charge in [-0.1, -0.05) is 13.0 Å². The highest BCUT2D eigenvalue weighted by Crippen LogP contribution is 2.26. The molecule has 0 aliphatic carbocycles. The first-order valence-corrected chi connectivity index (χ1v) is 5.18. The van der Waals surface area contributed by atoms with Crippen molar-refractivity contribution in [2.45, 2.75) is 30.1 Å². The van der Waals surface area contributed by atoms with Crippen LogP contribution in [0.1, 0.15) is 13.8 Å². The van der Waals surface area contributed by atoms with Crippen molar-refractivity contribution < 1.29 is 5.11 Å². The van der Waals surface area contributed by atoms with Crippen LogP contribution in [-0.2, 0) is 0 Å². The number of rotatable bonds is 3. The van der Waals surface area contributed by atoms with Crippen LogP contribution in [0.3, 0.4) is 0 Å². The highest BCUT2D eigenvalue weighted by atomic mass is 32.2. The maximum atomic E-state index is 9.30. The Morgan fingerprint density at radius 2 is 2.08 bits per heavy atom. The second kappa shape index (κ2) is 4.53. The Labute approximate surface area is 83.1 Å². The van der Waals surface area contributed by atoms with Crippen molar-refractivity contribution in [1.29, 1.82) is 0 Å². The molecule has 2 nitrogen and oxygen atoms in total. The summed E-state index contributed by atoms with van der Waals surface area (Å²) in [5.41, 5.74) is 6.40. The average Bonchev–Trinajstić information content (AvgIpc) is 2.04. The molecule has 2 atom stereocenters. The number of aliphatic hydroxyl groups is 1. The average molecular weight is 197 g/mol. The number of hydrogen-bond acceptors (Lipinski definition) is 3. The molecule has 13 heavy (non-hydrogen) atoms. The zero-order valence-electron chi connectivity index (χ0n) is 7.90. The van der Waals surface area contributed by atoms with Crippen LogP contribution < -0.4 is 5.73 Å². The van der Waals surface area contributed by atoms with E-state index in [1.807, 2.05) is 31.2 Å². The topological polar surface area (TPSA) is 46.2 Å². The molecule has 72 valence electrons. The van der Waals surface area contributed by atoms with E-state index in [-0.39, 0.29) is 11.4 Å². The third-order valence-corrected chi connectivity index (χ3v) is 3.15. The summed E-state index contributed by atoms with van der Waals surface area (Å²) in [6.45, 7) is 3.79. The van der Waals surface area contributed by atoms with E-state index < -0.39 is 0 Å². The summed E-state index contributed by atoms with van der Waals surface area (Å²) >= 11 is 1.64. The molecule has 0 fully saturated rings. The standard InChI is InChI=1S/C10H15NOS/c1-7(12)8(2)13-10-5-3-4-9(11)6-10/h3-8,12H,11H2,1-2H3. The normalized spacial score (nSPS) is 15.3. The number of nitrogens with two attached hydrogens (primary N) is 1. The summed E-state index contributed by atoms with van der Waals surface area (Å²) in [6, 6.07) is 7.70. The van der Waals surface area contributed by atoms with Gasteiger partial charge in [-0.2, -0.15) is 0 Å². The van der Waals surface area contributed by atoms with Crippen molar-refractivity contribution >= 4 is 17.4 Å². The third kappa shape index (κ3) is 3.28. The molecule has 0 saturated heterocycles. The molecule has 0 spiro atoms. The summed E-state index contributed by atoms with van der Waals surface area (Å²) in [6.07, 6.45) is -0.300. The highest BCUT2D eigenvalue weighted by Gasteiger charge is 2.09. The molecule has 1 aromatic rings. The van der Waals surface area contributed by atoms with E-state index in [1.54, 1.807) is 18.7 Å². The van der Waals surface area contributed by atoms with Crippen molar-refractivity contribution in [2.75, 3.05) is 5.73 Å². The molecule has 0 bridgehead atoms. The largest absolute Gasteiger partial charge is 0.399 e. The monoisotopic (exact) mass is 197 g/mol. The molecule has 0 aromatic heterocycles. The Bertz CT molecular complexity index is 275. The first kappa shape index (κ1) is 10.4. The van der Waals surface area contributed by atoms with Crippen LogP contribution in [0.5, 0.6) is 0 Å². The predicted molar refractivity (Wildman–Crippen MR) is 57.9 cm³/mol. The molecular weight excluding hydrogens is 182 g/mol. The summed E-state index contributed by atoms with van der Waals surface area (Å²) in [4.78, 5) is 1.11. The summed E-state index contributed by atoms with van der Waals surface area (Å²) in [5.74, 6) is 0. The van der Waals surface area contributed by atoms with Gasteiger partial charge in [-0.15, -0.1) is 11.8 Å². The lowest BCUT2D eigenvalue weighted by molar-refractivity contribution is 0.196. The smallest absolute Gasteiger partial charge is 0.0631 e. The fraction of sp³-hybridized carbons (Fsp3) is 0.400. The van der Waals surface area contributed by atoms with Gasteiger partial charge >= 0.3 is 0 Å². The van der Waals surface area contributed by atoms with Gasteiger partial charge in [0, 0.05) is 15.8 Å². The summed E-state index contributed by atoms with van der Waals surface area (Å²) in [7, 11) is 0. The number of thioether (sulfide) groups is 1. The number of benzene rings is 1. The zero-order valence-corrected chi connectivity index (χ0v) is 8.71. The van der Waals surface area contributed by atoms with Gasteiger partial charge in [-0.25, -0.2) is 0 Å². The van der Waals surface area contributed by atoms with Crippen LogP contribution >= 0.6 is 11.8 Å². The Kier molecular flexibility index (Phi) is 3.63. The molecule has 1 aromatic carbocycles. The van der Waals surface area contributed by atoms with Gasteiger partial charge in [0.05, 0.1) is 6.10 Å². The molecule has 0 radical (unpaired) electrons. The molecule has 0 aliphatic heterocycles.